The Balaban J connectivity index is 2.88. The van der Waals surface area contributed by atoms with Gasteiger partial charge in [0.1, 0.15) is 5.75 Å². The van der Waals surface area contributed by atoms with Gasteiger partial charge in [0.15, 0.2) is 0 Å². The monoisotopic (exact) mass is 291 g/mol. The van der Waals surface area contributed by atoms with E-state index < -0.39 is 0 Å². The first-order chi connectivity index (χ1) is 9.88. The highest BCUT2D eigenvalue weighted by atomic mass is 16.5. The molecule has 0 saturated heterocycles. The number of nitrogens with one attached hydrogen (secondary N) is 1. The van der Waals surface area contributed by atoms with Crippen LogP contribution in [-0.4, -0.2) is 13.2 Å². The van der Waals surface area contributed by atoms with Crippen molar-refractivity contribution in [2.75, 3.05) is 13.2 Å². The van der Waals surface area contributed by atoms with Gasteiger partial charge in [-0.2, -0.15) is 0 Å². The maximum absolute atomic E-state index is 5.65. The lowest BCUT2D eigenvalue weighted by Gasteiger charge is -2.31. The molecule has 0 aliphatic rings. The van der Waals surface area contributed by atoms with Gasteiger partial charge in [-0.05, 0) is 55.3 Å². The van der Waals surface area contributed by atoms with Crippen molar-refractivity contribution in [1.29, 1.82) is 0 Å². The molecule has 2 nitrogen and oxygen atoms in total. The molecule has 0 radical (unpaired) electrons. The number of hydrogen-bond donors (Lipinski definition) is 1. The molecule has 0 saturated carbocycles. The lowest BCUT2D eigenvalue weighted by molar-refractivity contribution is 0.223. The molecule has 2 heteroatoms. The summed E-state index contributed by atoms with van der Waals surface area (Å²) in [5.41, 5.74) is 1.68. The molecular formula is C19H33NO. The van der Waals surface area contributed by atoms with Crippen LogP contribution in [0.25, 0.3) is 0 Å². The SMILES string of the molecule is CCCNC(CC(C)C(C)(C)C)c1cccc(OCC)c1. The molecule has 0 aliphatic carbocycles. The summed E-state index contributed by atoms with van der Waals surface area (Å²) in [7, 11) is 0. The van der Waals surface area contributed by atoms with Crippen molar-refractivity contribution in [2.45, 2.75) is 60.4 Å². The normalized spacial score (nSPS) is 14.8. The largest absolute Gasteiger partial charge is 0.494 e. The van der Waals surface area contributed by atoms with Gasteiger partial charge in [0.2, 0.25) is 0 Å². The first-order valence-electron chi connectivity index (χ1n) is 8.34. The molecule has 0 heterocycles. The minimum Gasteiger partial charge on any atom is -0.494 e. The molecule has 0 bridgehead atoms. The Hall–Kier alpha value is -1.02. The van der Waals surface area contributed by atoms with Crippen LogP contribution in [0.1, 0.15) is 66.0 Å². The van der Waals surface area contributed by atoms with Crippen molar-refractivity contribution >= 4 is 0 Å². The van der Waals surface area contributed by atoms with E-state index in [1.807, 2.05) is 13.0 Å². The molecule has 0 aromatic heterocycles. The lowest BCUT2D eigenvalue weighted by atomic mass is 9.77. The fraction of sp³-hybridized carbons (Fsp3) is 0.684. The third-order valence-corrected chi connectivity index (χ3v) is 4.28. The van der Waals surface area contributed by atoms with Crippen molar-refractivity contribution in [2.24, 2.45) is 11.3 Å². The molecule has 1 rings (SSSR count). The van der Waals surface area contributed by atoms with E-state index in [-0.39, 0.29) is 0 Å². The van der Waals surface area contributed by atoms with Crippen LogP contribution in [0.3, 0.4) is 0 Å². The van der Waals surface area contributed by atoms with Crippen molar-refractivity contribution in [3.05, 3.63) is 29.8 Å². The van der Waals surface area contributed by atoms with E-state index in [0.29, 0.717) is 17.4 Å². The Kier molecular flexibility index (Phi) is 7.24. The second-order valence-electron chi connectivity index (χ2n) is 7.01. The molecule has 2 atom stereocenters. The fourth-order valence-electron chi connectivity index (χ4n) is 2.35. The highest BCUT2D eigenvalue weighted by Gasteiger charge is 2.24. The van der Waals surface area contributed by atoms with Gasteiger partial charge in [0.25, 0.3) is 0 Å². The molecule has 2 unspecified atom stereocenters. The summed E-state index contributed by atoms with van der Waals surface area (Å²) in [6.07, 6.45) is 2.31. The van der Waals surface area contributed by atoms with E-state index >= 15 is 0 Å². The molecule has 0 amide bonds. The average Bonchev–Trinajstić information content (AvgIpc) is 2.42. The van der Waals surface area contributed by atoms with Crippen LogP contribution in [0.2, 0.25) is 0 Å². The van der Waals surface area contributed by atoms with Gasteiger partial charge in [-0.1, -0.05) is 46.8 Å². The molecule has 0 aliphatic heterocycles. The first-order valence-corrected chi connectivity index (χ1v) is 8.34. The molecule has 1 aromatic carbocycles. The van der Waals surface area contributed by atoms with Crippen molar-refractivity contribution in [1.82, 2.24) is 5.32 Å². The third kappa shape index (κ3) is 6.09. The zero-order valence-electron chi connectivity index (χ0n) is 14.7. The number of rotatable bonds is 8. The van der Waals surface area contributed by atoms with Gasteiger partial charge in [0.05, 0.1) is 6.61 Å². The second kappa shape index (κ2) is 8.43. The van der Waals surface area contributed by atoms with E-state index in [1.54, 1.807) is 0 Å². The van der Waals surface area contributed by atoms with Crippen LogP contribution in [0, 0.1) is 11.3 Å². The first kappa shape index (κ1) is 18.0. The summed E-state index contributed by atoms with van der Waals surface area (Å²) in [5.74, 6) is 1.63. The highest BCUT2D eigenvalue weighted by molar-refractivity contribution is 5.30. The Morgan fingerprint density at radius 1 is 1.19 bits per heavy atom. The summed E-state index contributed by atoms with van der Waals surface area (Å²) >= 11 is 0. The number of benzene rings is 1. The molecule has 1 aromatic rings. The van der Waals surface area contributed by atoms with Crippen LogP contribution >= 0.6 is 0 Å². The molecule has 1 N–H and O–H groups in total. The Labute approximate surface area is 131 Å². The van der Waals surface area contributed by atoms with E-state index in [4.69, 9.17) is 4.74 Å². The van der Waals surface area contributed by atoms with Crippen LogP contribution in [-0.2, 0) is 0 Å². The molecule has 0 spiro atoms. The predicted octanol–water partition coefficient (Wildman–Crippen LogP) is 5.20. The minimum absolute atomic E-state index is 0.337. The van der Waals surface area contributed by atoms with E-state index in [1.165, 1.54) is 5.56 Å². The Morgan fingerprint density at radius 3 is 2.48 bits per heavy atom. The minimum atomic E-state index is 0.337. The maximum Gasteiger partial charge on any atom is 0.119 e. The average molecular weight is 291 g/mol. The quantitative estimate of drug-likeness (QED) is 0.711. The summed E-state index contributed by atoms with van der Waals surface area (Å²) in [6.45, 7) is 15.3. The topological polar surface area (TPSA) is 21.3 Å². The zero-order chi connectivity index (χ0) is 15.9. The van der Waals surface area contributed by atoms with Gasteiger partial charge in [-0.25, -0.2) is 0 Å². The standard InChI is InChI=1S/C19H33NO/c1-7-12-20-18(13-15(3)19(4,5)6)16-10-9-11-17(14-16)21-8-2/h9-11,14-15,18,20H,7-8,12-13H2,1-6H3. The van der Waals surface area contributed by atoms with E-state index in [9.17, 15) is 0 Å². The van der Waals surface area contributed by atoms with E-state index in [0.717, 1.165) is 31.7 Å². The van der Waals surface area contributed by atoms with Crippen LogP contribution < -0.4 is 10.1 Å². The molecule has 0 fully saturated rings. The van der Waals surface area contributed by atoms with Gasteiger partial charge in [0, 0.05) is 6.04 Å². The van der Waals surface area contributed by atoms with Crippen molar-refractivity contribution in [3.8, 4) is 5.75 Å². The molecule has 120 valence electrons. The maximum atomic E-state index is 5.65. The van der Waals surface area contributed by atoms with Crippen LogP contribution in [0.4, 0.5) is 0 Å². The fourth-order valence-corrected chi connectivity index (χ4v) is 2.35. The Bertz CT molecular complexity index is 408. The van der Waals surface area contributed by atoms with Gasteiger partial charge >= 0.3 is 0 Å². The Morgan fingerprint density at radius 2 is 1.90 bits per heavy atom. The van der Waals surface area contributed by atoms with Gasteiger partial charge in [-0.3, -0.25) is 0 Å². The van der Waals surface area contributed by atoms with Crippen LogP contribution in [0.5, 0.6) is 5.75 Å². The van der Waals surface area contributed by atoms with E-state index in [2.05, 4.69) is 58.1 Å². The van der Waals surface area contributed by atoms with Crippen molar-refractivity contribution in [3.63, 3.8) is 0 Å². The lowest BCUT2D eigenvalue weighted by Crippen LogP contribution is -2.28. The van der Waals surface area contributed by atoms with Gasteiger partial charge in [-0.15, -0.1) is 0 Å². The summed E-state index contributed by atoms with van der Waals surface area (Å²) in [6, 6.07) is 8.94. The predicted molar refractivity (Wildman–Crippen MR) is 91.9 cm³/mol. The van der Waals surface area contributed by atoms with Crippen molar-refractivity contribution < 1.29 is 4.74 Å². The summed E-state index contributed by atoms with van der Waals surface area (Å²) < 4.78 is 5.65. The zero-order valence-corrected chi connectivity index (χ0v) is 14.7. The molecule has 21 heavy (non-hydrogen) atoms. The number of hydrogen-bond acceptors (Lipinski definition) is 2. The van der Waals surface area contributed by atoms with Crippen LogP contribution in [0.15, 0.2) is 24.3 Å². The molecular weight excluding hydrogens is 258 g/mol. The summed E-state index contributed by atoms with van der Waals surface area (Å²) in [5, 5.41) is 3.70. The third-order valence-electron chi connectivity index (χ3n) is 4.28. The summed E-state index contributed by atoms with van der Waals surface area (Å²) in [4.78, 5) is 0. The smallest absolute Gasteiger partial charge is 0.119 e. The second-order valence-corrected chi connectivity index (χ2v) is 7.01. The number of ether oxygens (including phenoxy) is 1. The highest BCUT2D eigenvalue weighted by Crippen LogP contribution is 2.34. The van der Waals surface area contributed by atoms with Gasteiger partial charge < -0.3 is 10.1 Å².